The van der Waals surface area contributed by atoms with Gasteiger partial charge in [-0.15, -0.1) is 0 Å². The van der Waals surface area contributed by atoms with E-state index in [2.05, 4.69) is 0 Å². The summed E-state index contributed by atoms with van der Waals surface area (Å²) >= 11 is 0. The summed E-state index contributed by atoms with van der Waals surface area (Å²) in [6, 6.07) is 0. The van der Waals surface area contributed by atoms with Gasteiger partial charge in [0.2, 0.25) is 0 Å². The number of carbonyl (C=O) groups excluding carboxylic acids is 5. The zero-order valence-electron chi connectivity index (χ0n) is 15.6. The molecule has 0 fully saturated rings. The molecule has 0 aromatic rings. The predicted octanol–water partition coefficient (Wildman–Crippen LogP) is -12.4. The van der Waals surface area contributed by atoms with Gasteiger partial charge in [0.25, 0.3) is 0 Å². The largest absolute Gasteiger partial charge is 3.00 e. The maximum Gasteiger partial charge on any atom is 3.00 e. The Bertz CT molecular complexity index is 494. The van der Waals surface area contributed by atoms with E-state index in [0.717, 1.165) is 9.80 Å². The van der Waals surface area contributed by atoms with E-state index in [1.54, 1.807) is 0 Å². The zero-order chi connectivity index (χ0) is 21.0. The molecule has 0 atom stereocenters. The Hall–Kier alpha value is -0.614. The maximum atomic E-state index is 10.8. The van der Waals surface area contributed by atoms with Gasteiger partial charge in [-0.25, -0.2) is 0 Å². The van der Waals surface area contributed by atoms with Crippen LogP contribution in [-0.2, 0) is 41.0 Å². The van der Waals surface area contributed by atoms with Crippen LogP contribution in [0.15, 0.2) is 0 Å². The van der Waals surface area contributed by atoms with Crippen molar-refractivity contribution in [3.05, 3.63) is 0 Å². The van der Waals surface area contributed by atoms with Gasteiger partial charge in [-0.3, -0.25) is 14.7 Å². The Morgan fingerprint density at radius 2 is 0.621 bits per heavy atom. The smallest absolute Gasteiger partial charge is 0.549 e. The molecule has 29 heavy (non-hydrogen) atoms. The van der Waals surface area contributed by atoms with Crippen molar-refractivity contribution >= 4 is 29.8 Å². The molecule has 1 radical (unpaired) electrons. The van der Waals surface area contributed by atoms with Crippen LogP contribution in [0.5, 0.6) is 0 Å². The van der Waals surface area contributed by atoms with E-state index in [-0.39, 0.29) is 94.6 Å². The monoisotopic (exact) mass is 483 g/mol. The molecule has 15 heteroatoms. The van der Waals surface area contributed by atoms with Crippen LogP contribution in [0.25, 0.3) is 0 Å². The van der Waals surface area contributed by atoms with Gasteiger partial charge in [-0.2, -0.15) is 0 Å². The first-order valence-corrected chi connectivity index (χ1v) is 7.66. The van der Waals surface area contributed by atoms with E-state index < -0.39 is 62.6 Å². The molecule has 0 spiro atoms. The van der Waals surface area contributed by atoms with Gasteiger partial charge in [0, 0.05) is 58.9 Å². The fourth-order valence-electron chi connectivity index (χ4n) is 2.18. The van der Waals surface area contributed by atoms with E-state index in [1.807, 2.05) is 0 Å². The third kappa shape index (κ3) is 20.4. The molecule has 0 rings (SSSR count). The topological polar surface area (TPSA) is 210 Å². The van der Waals surface area contributed by atoms with Crippen molar-refractivity contribution in [2.24, 2.45) is 0 Å². The van der Waals surface area contributed by atoms with Crippen molar-refractivity contribution in [2.45, 2.75) is 0 Å². The third-order valence-electron chi connectivity index (χ3n) is 3.23. The summed E-state index contributed by atoms with van der Waals surface area (Å²) < 4.78 is 0. The van der Waals surface area contributed by atoms with Gasteiger partial charge >= 0.3 is 68.5 Å². The maximum absolute atomic E-state index is 10.8. The number of carboxylic acid groups (broad SMARTS) is 5. The van der Waals surface area contributed by atoms with Crippen molar-refractivity contribution in [2.75, 3.05) is 58.9 Å². The molecule has 0 saturated carbocycles. The average Bonchev–Trinajstić information content (AvgIpc) is 2.46. The van der Waals surface area contributed by atoms with E-state index in [4.69, 9.17) is 0 Å². The molecule has 0 aliphatic heterocycles. The standard InChI is InChI=1S/C14H23N3O10.Fe.K/c18-10(19)5-15(1-3-16(6-11(20)21)7-12(22)23)2-4-17(8-13(24)25)9-14(26)27;;/h1-9H2,(H,18,19)(H,20,21)(H,22,23)(H,24,25)(H,26,27);;/q;+3;+1/p-5. The first kappa shape index (κ1) is 33.0. The van der Waals surface area contributed by atoms with Crippen molar-refractivity contribution in [1.29, 1.82) is 0 Å². The molecule has 0 aliphatic carbocycles. The van der Waals surface area contributed by atoms with Crippen LogP contribution in [0.1, 0.15) is 0 Å². The number of hydrogen-bond donors (Lipinski definition) is 0. The van der Waals surface area contributed by atoms with Crippen LogP contribution < -0.4 is 76.9 Å². The molecule has 0 aliphatic rings. The fourth-order valence-corrected chi connectivity index (χ4v) is 2.18. The minimum Gasteiger partial charge on any atom is -0.549 e. The molecule has 0 unspecified atom stereocenters. The number of carbonyl (C=O) groups is 5. The zero-order valence-corrected chi connectivity index (χ0v) is 19.9. The molecular formula is C14H18FeKN3O10-. The summed E-state index contributed by atoms with van der Waals surface area (Å²) in [5, 5.41) is 53.3. The quantitative estimate of drug-likeness (QED) is 0.187. The van der Waals surface area contributed by atoms with Crippen molar-refractivity contribution in [3.63, 3.8) is 0 Å². The summed E-state index contributed by atoms with van der Waals surface area (Å²) in [6.07, 6.45) is 0. The van der Waals surface area contributed by atoms with Gasteiger partial charge in [-0.1, -0.05) is 0 Å². The van der Waals surface area contributed by atoms with Gasteiger partial charge in [0.1, 0.15) is 0 Å². The Labute approximate surface area is 219 Å². The molecule has 13 nitrogen and oxygen atoms in total. The van der Waals surface area contributed by atoms with Crippen LogP contribution in [0.3, 0.4) is 0 Å². The summed E-state index contributed by atoms with van der Waals surface area (Å²) in [6.45, 7) is -4.16. The Morgan fingerprint density at radius 1 is 0.448 bits per heavy atom. The number of aliphatic carboxylic acids is 5. The second-order valence-electron chi connectivity index (χ2n) is 5.56. The first-order chi connectivity index (χ1) is 12.5. The average molecular weight is 483 g/mol. The van der Waals surface area contributed by atoms with Crippen molar-refractivity contribution in [3.8, 4) is 0 Å². The van der Waals surface area contributed by atoms with Gasteiger partial charge in [0.05, 0.1) is 29.8 Å². The van der Waals surface area contributed by atoms with Crippen LogP contribution in [-0.4, -0.2) is 103 Å². The summed E-state index contributed by atoms with van der Waals surface area (Å²) in [4.78, 5) is 56.4. The normalized spacial score (nSPS) is 10.3. The Morgan fingerprint density at radius 3 is 0.828 bits per heavy atom. The number of nitrogens with zero attached hydrogens (tertiary/aromatic N) is 3. The molecule has 0 N–H and O–H groups in total. The predicted molar refractivity (Wildman–Crippen MR) is 74.4 cm³/mol. The van der Waals surface area contributed by atoms with Crippen molar-refractivity contribution in [1.82, 2.24) is 14.7 Å². The van der Waals surface area contributed by atoms with E-state index in [1.165, 1.54) is 4.90 Å². The second kappa shape index (κ2) is 18.2. The van der Waals surface area contributed by atoms with Crippen LogP contribution in [0.4, 0.5) is 0 Å². The van der Waals surface area contributed by atoms with Crippen molar-refractivity contribution < 1.29 is 118 Å². The van der Waals surface area contributed by atoms with Crippen LogP contribution >= 0.6 is 0 Å². The number of carboxylic acids is 5. The molecule has 159 valence electrons. The molecule has 0 bridgehead atoms. The molecular weight excluding hydrogens is 465 g/mol. The third-order valence-corrected chi connectivity index (χ3v) is 3.23. The Kier molecular flexibility index (Phi) is 20.7. The van der Waals surface area contributed by atoms with Gasteiger partial charge < -0.3 is 49.5 Å². The van der Waals surface area contributed by atoms with E-state index in [0.29, 0.717) is 0 Å². The number of hydrogen-bond acceptors (Lipinski definition) is 13. The Balaban J connectivity index is -0.00000338. The van der Waals surface area contributed by atoms with E-state index in [9.17, 15) is 49.5 Å². The minimum atomic E-state index is -1.54. The fraction of sp³-hybridized carbons (Fsp3) is 0.643. The molecule has 0 aromatic carbocycles. The summed E-state index contributed by atoms with van der Waals surface area (Å²) in [7, 11) is 0. The first-order valence-electron chi connectivity index (χ1n) is 7.66. The van der Waals surface area contributed by atoms with Crippen LogP contribution in [0.2, 0.25) is 0 Å². The minimum absolute atomic E-state index is 0. The molecule has 0 amide bonds. The van der Waals surface area contributed by atoms with Gasteiger partial charge in [-0.05, 0) is 0 Å². The summed E-state index contributed by atoms with van der Waals surface area (Å²) in [5.74, 6) is -7.67. The second-order valence-corrected chi connectivity index (χ2v) is 5.56. The summed E-state index contributed by atoms with van der Waals surface area (Å²) in [5.41, 5.74) is 0. The molecule has 0 heterocycles. The molecule has 0 saturated heterocycles. The van der Waals surface area contributed by atoms with E-state index >= 15 is 0 Å². The van der Waals surface area contributed by atoms with Gasteiger partial charge in [0.15, 0.2) is 0 Å². The SMILES string of the molecule is O=C([O-])CN(CCN(CC(=O)[O-])CC(=O)[O-])CCN(CC(=O)[O-])CC(=O)[O-].[Fe+3].[K+]. The van der Waals surface area contributed by atoms with Crippen LogP contribution in [0, 0.1) is 0 Å². The molecule has 0 aromatic heterocycles. The number of rotatable bonds is 16.